The largest absolute Gasteiger partial charge is 0.384 e. The van der Waals surface area contributed by atoms with Crippen molar-refractivity contribution in [3.05, 3.63) is 23.4 Å². The normalized spacial score (nSPS) is 19.5. The van der Waals surface area contributed by atoms with Crippen molar-refractivity contribution < 1.29 is 4.74 Å². The molecule has 0 spiro atoms. The number of nitrogens with zero attached hydrogens (tertiary/aromatic N) is 2. The molecule has 1 aromatic rings. The smallest absolute Gasteiger partial charge is 0.129 e. The van der Waals surface area contributed by atoms with Crippen LogP contribution < -0.4 is 10.6 Å². The fourth-order valence-electron chi connectivity index (χ4n) is 2.49. The van der Waals surface area contributed by atoms with Crippen LogP contribution in [0.25, 0.3) is 0 Å². The van der Waals surface area contributed by atoms with Gasteiger partial charge in [-0.15, -0.1) is 0 Å². The van der Waals surface area contributed by atoms with Gasteiger partial charge in [-0.2, -0.15) is 0 Å². The maximum absolute atomic E-state index is 7.56. The highest BCUT2D eigenvalue weighted by atomic mass is 16.5. The van der Waals surface area contributed by atoms with Crippen molar-refractivity contribution in [1.82, 2.24) is 4.98 Å². The van der Waals surface area contributed by atoms with Gasteiger partial charge in [0.1, 0.15) is 11.7 Å². The Hall–Kier alpha value is -1.62. The summed E-state index contributed by atoms with van der Waals surface area (Å²) in [6.07, 6.45) is 2.49. The Morgan fingerprint density at radius 3 is 3.05 bits per heavy atom. The molecular weight excluding hydrogens is 240 g/mol. The van der Waals surface area contributed by atoms with Gasteiger partial charge < -0.3 is 15.4 Å². The van der Waals surface area contributed by atoms with Gasteiger partial charge in [0.05, 0.1) is 6.10 Å². The van der Waals surface area contributed by atoms with Crippen molar-refractivity contribution in [2.75, 3.05) is 24.6 Å². The van der Waals surface area contributed by atoms with Gasteiger partial charge in [0.2, 0.25) is 0 Å². The molecule has 1 aromatic heterocycles. The van der Waals surface area contributed by atoms with Crippen LogP contribution >= 0.6 is 0 Å². The third-order valence-electron chi connectivity index (χ3n) is 3.36. The molecule has 1 aliphatic rings. The topological polar surface area (TPSA) is 75.2 Å². The summed E-state index contributed by atoms with van der Waals surface area (Å²) in [4.78, 5) is 6.78. The van der Waals surface area contributed by atoms with Crippen LogP contribution in [0, 0.1) is 12.3 Å². The van der Waals surface area contributed by atoms with Crippen LogP contribution in [0.5, 0.6) is 0 Å². The number of aryl methyl sites for hydroxylation is 1. The van der Waals surface area contributed by atoms with Crippen LogP contribution in [0.3, 0.4) is 0 Å². The van der Waals surface area contributed by atoms with Gasteiger partial charge >= 0.3 is 0 Å². The number of aromatic nitrogens is 1. The SMILES string of the molecule is CCOC1CCCN(c2cc(C(=N)N)cc(C)n2)C1. The number of nitrogens with one attached hydrogen (secondary N) is 1. The standard InChI is InChI=1S/C14H22N4O/c1-3-19-12-5-4-6-18(9-12)13-8-11(14(15)16)7-10(2)17-13/h7-8,12H,3-6,9H2,1-2H3,(H3,15,16). The first kappa shape index (κ1) is 13.8. The van der Waals surface area contributed by atoms with Crippen LogP contribution in [0.4, 0.5) is 5.82 Å². The number of nitrogen functional groups attached to an aromatic ring is 1. The number of anilines is 1. The summed E-state index contributed by atoms with van der Waals surface area (Å²) in [5, 5.41) is 7.56. The van der Waals surface area contributed by atoms with Gasteiger partial charge in [-0.3, -0.25) is 5.41 Å². The van der Waals surface area contributed by atoms with E-state index in [1.807, 2.05) is 26.0 Å². The fourth-order valence-corrected chi connectivity index (χ4v) is 2.49. The predicted octanol–water partition coefficient (Wildman–Crippen LogP) is 1.68. The first-order valence-electron chi connectivity index (χ1n) is 6.79. The van der Waals surface area contributed by atoms with Gasteiger partial charge in [-0.1, -0.05) is 0 Å². The summed E-state index contributed by atoms with van der Waals surface area (Å²) < 4.78 is 5.71. The summed E-state index contributed by atoms with van der Waals surface area (Å²) in [6, 6.07) is 3.74. The number of rotatable bonds is 4. The molecule has 5 heteroatoms. The van der Waals surface area contributed by atoms with Gasteiger partial charge in [-0.05, 0) is 38.8 Å². The molecule has 0 radical (unpaired) electrons. The number of ether oxygens (including phenoxy) is 1. The highest BCUT2D eigenvalue weighted by Gasteiger charge is 2.21. The molecule has 2 heterocycles. The van der Waals surface area contributed by atoms with E-state index in [1.165, 1.54) is 0 Å². The van der Waals surface area contributed by atoms with Crippen molar-refractivity contribution in [3.8, 4) is 0 Å². The zero-order chi connectivity index (χ0) is 13.8. The molecule has 1 unspecified atom stereocenters. The van der Waals surface area contributed by atoms with Crippen molar-refractivity contribution in [1.29, 1.82) is 5.41 Å². The molecule has 5 nitrogen and oxygen atoms in total. The number of pyridine rings is 1. The lowest BCUT2D eigenvalue weighted by Gasteiger charge is -2.33. The molecule has 0 amide bonds. The van der Waals surface area contributed by atoms with Crippen molar-refractivity contribution in [3.63, 3.8) is 0 Å². The quantitative estimate of drug-likeness (QED) is 0.639. The Morgan fingerprint density at radius 2 is 2.37 bits per heavy atom. The second kappa shape index (κ2) is 6.02. The molecule has 1 atom stereocenters. The monoisotopic (exact) mass is 262 g/mol. The molecule has 1 saturated heterocycles. The van der Waals surface area contributed by atoms with Gasteiger partial charge in [0.25, 0.3) is 0 Å². The van der Waals surface area contributed by atoms with Crippen molar-refractivity contribution in [2.45, 2.75) is 32.8 Å². The van der Waals surface area contributed by atoms with Gasteiger partial charge in [0.15, 0.2) is 0 Å². The van der Waals surface area contributed by atoms with Gasteiger partial charge in [0, 0.05) is 31.0 Å². The summed E-state index contributed by atoms with van der Waals surface area (Å²) in [7, 11) is 0. The average Bonchev–Trinajstić information content (AvgIpc) is 2.38. The highest BCUT2D eigenvalue weighted by Crippen LogP contribution is 2.21. The zero-order valence-electron chi connectivity index (χ0n) is 11.6. The fraction of sp³-hybridized carbons (Fsp3) is 0.571. The number of amidine groups is 1. The Bertz CT molecular complexity index is 459. The average molecular weight is 262 g/mol. The molecule has 1 aliphatic heterocycles. The van der Waals surface area contributed by atoms with Crippen molar-refractivity contribution >= 4 is 11.7 Å². The molecule has 0 bridgehead atoms. The molecule has 0 aromatic carbocycles. The summed E-state index contributed by atoms with van der Waals surface area (Å²) >= 11 is 0. The van der Waals surface area contributed by atoms with E-state index in [0.29, 0.717) is 0 Å². The third-order valence-corrected chi connectivity index (χ3v) is 3.36. The zero-order valence-corrected chi connectivity index (χ0v) is 11.6. The van der Waals surface area contributed by atoms with E-state index in [2.05, 4.69) is 9.88 Å². The van der Waals surface area contributed by atoms with Crippen LogP contribution in [-0.2, 0) is 4.74 Å². The van der Waals surface area contributed by atoms with Crippen LogP contribution in [-0.4, -0.2) is 36.6 Å². The van der Waals surface area contributed by atoms with E-state index in [4.69, 9.17) is 15.9 Å². The molecule has 2 rings (SSSR count). The maximum atomic E-state index is 7.56. The number of hydrogen-bond acceptors (Lipinski definition) is 4. The van der Waals surface area contributed by atoms with Crippen LogP contribution in [0.2, 0.25) is 0 Å². The first-order valence-corrected chi connectivity index (χ1v) is 6.79. The minimum absolute atomic E-state index is 0.0881. The summed E-state index contributed by atoms with van der Waals surface area (Å²) in [5.41, 5.74) is 7.20. The van der Waals surface area contributed by atoms with Gasteiger partial charge in [-0.25, -0.2) is 4.98 Å². The van der Waals surface area contributed by atoms with E-state index >= 15 is 0 Å². The number of piperidine rings is 1. The Morgan fingerprint density at radius 1 is 1.58 bits per heavy atom. The lowest BCUT2D eigenvalue weighted by Crippen LogP contribution is -2.40. The second-order valence-electron chi connectivity index (χ2n) is 4.93. The van der Waals surface area contributed by atoms with E-state index in [1.54, 1.807) is 0 Å². The Kier molecular flexibility index (Phi) is 4.37. The number of hydrogen-bond donors (Lipinski definition) is 2. The minimum atomic E-state index is 0.0881. The summed E-state index contributed by atoms with van der Waals surface area (Å²) in [6.45, 7) is 6.55. The Labute approximate surface area is 114 Å². The number of nitrogens with two attached hydrogens (primary N) is 1. The second-order valence-corrected chi connectivity index (χ2v) is 4.93. The lowest BCUT2D eigenvalue weighted by atomic mass is 10.1. The van der Waals surface area contributed by atoms with Crippen molar-refractivity contribution in [2.24, 2.45) is 5.73 Å². The minimum Gasteiger partial charge on any atom is -0.384 e. The van der Waals surface area contributed by atoms with E-state index in [0.717, 1.165) is 49.6 Å². The molecule has 0 aliphatic carbocycles. The lowest BCUT2D eigenvalue weighted by molar-refractivity contribution is 0.0525. The van der Waals surface area contributed by atoms with E-state index in [9.17, 15) is 0 Å². The molecule has 0 saturated carbocycles. The molecule has 19 heavy (non-hydrogen) atoms. The van der Waals surface area contributed by atoms with Crippen LogP contribution in [0.1, 0.15) is 31.0 Å². The summed E-state index contributed by atoms with van der Waals surface area (Å²) in [5.74, 6) is 0.986. The highest BCUT2D eigenvalue weighted by molar-refractivity contribution is 5.95. The maximum Gasteiger partial charge on any atom is 0.129 e. The van der Waals surface area contributed by atoms with Crippen LogP contribution in [0.15, 0.2) is 12.1 Å². The van der Waals surface area contributed by atoms with E-state index in [-0.39, 0.29) is 11.9 Å². The first-order chi connectivity index (χ1) is 9.10. The molecule has 3 N–H and O–H groups in total. The van der Waals surface area contributed by atoms with E-state index < -0.39 is 0 Å². The molecular formula is C14H22N4O. The molecule has 104 valence electrons. The molecule has 1 fully saturated rings. The third kappa shape index (κ3) is 3.44. The predicted molar refractivity (Wildman–Crippen MR) is 76.9 cm³/mol. The Balaban J connectivity index is 2.18.